The van der Waals surface area contributed by atoms with E-state index in [4.69, 9.17) is 0 Å². The Balaban J connectivity index is 0.00000162. The monoisotopic (exact) mass is 436 g/mol. The number of nitrogens with zero attached hydrogens (tertiary/aromatic N) is 1. The van der Waals surface area contributed by atoms with Crippen molar-refractivity contribution in [3.63, 3.8) is 0 Å². The Morgan fingerprint density at radius 2 is 1.84 bits per heavy atom. The maximum atomic E-state index is 13.3. The third kappa shape index (κ3) is 5.14. The van der Waals surface area contributed by atoms with Gasteiger partial charge in [0.15, 0.2) is 0 Å². The van der Waals surface area contributed by atoms with E-state index in [2.05, 4.69) is 42.1 Å². The molecule has 2 rings (SSSR count). The van der Waals surface area contributed by atoms with Crippen molar-refractivity contribution in [1.29, 1.82) is 0 Å². The molecule has 0 aliphatic carbocycles. The van der Waals surface area contributed by atoms with E-state index in [0.29, 0.717) is 0 Å². The van der Waals surface area contributed by atoms with Crippen molar-refractivity contribution in [2.24, 2.45) is 0 Å². The van der Waals surface area contributed by atoms with Crippen LogP contribution in [0.2, 0.25) is 0 Å². The van der Waals surface area contributed by atoms with Crippen LogP contribution in [0.1, 0.15) is 11.6 Å². The number of halogens is 5. The summed E-state index contributed by atoms with van der Waals surface area (Å²) in [5, 5.41) is 3.29. The lowest BCUT2D eigenvalue weighted by molar-refractivity contribution is 0.147. The first kappa shape index (κ1) is 19.6. The van der Waals surface area contributed by atoms with E-state index in [1.54, 1.807) is 0 Å². The van der Waals surface area contributed by atoms with Crippen LogP contribution < -0.4 is 5.32 Å². The van der Waals surface area contributed by atoms with Crippen LogP contribution in [-0.2, 0) is 0 Å². The lowest BCUT2D eigenvalue weighted by atomic mass is 10.1. The maximum absolute atomic E-state index is 13.3. The minimum Gasteiger partial charge on any atom is -0.314 e. The van der Waals surface area contributed by atoms with Gasteiger partial charge in [-0.3, -0.25) is 4.90 Å². The molecule has 1 fully saturated rings. The number of hydrogen-bond donors (Lipinski definition) is 1. The van der Waals surface area contributed by atoms with Crippen LogP contribution in [-0.4, -0.2) is 37.8 Å². The number of nitrogens with one attached hydrogen (secondary N) is 1. The number of rotatable bonds is 3. The molecule has 2 nitrogen and oxygen atoms in total. The highest BCUT2D eigenvalue weighted by molar-refractivity contribution is 9.11. The molecule has 0 radical (unpaired) electrons. The molecule has 0 unspecified atom stereocenters. The van der Waals surface area contributed by atoms with Crippen molar-refractivity contribution in [2.75, 3.05) is 32.9 Å². The summed E-state index contributed by atoms with van der Waals surface area (Å²) in [4.78, 5) is 2.20. The van der Waals surface area contributed by atoms with E-state index < -0.39 is 0 Å². The van der Waals surface area contributed by atoms with Gasteiger partial charge in [0, 0.05) is 35.1 Å². The first-order chi connectivity index (χ1) is 8.22. The molecule has 0 amide bonds. The van der Waals surface area contributed by atoms with E-state index in [1.165, 1.54) is 0 Å². The zero-order valence-electron chi connectivity index (χ0n) is 10.2. The fraction of sp³-hybridized carbons (Fsp3) is 0.500. The van der Waals surface area contributed by atoms with Gasteiger partial charge in [-0.15, -0.1) is 24.8 Å². The lowest BCUT2D eigenvalue weighted by Crippen LogP contribution is -2.45. The number of hydrogen-bond acceptors (Lipinski definition) is 2. The Morgan fingerprint density at radius 3 is 2.42 bits per heavy atom. The van der Waals surface area contributed by atoms with Crippen molar-refractivity contribution in [2.45, 2.75) is 6.04 Å². The molecular formula is C12H17Br2Cl2FN2. The summed E-state index contributed by atoms with van der Waals surface area (Å²) >= 11 is 6.95. The van der Waals surface area contributed by atoms with Gasteiger partial charge < -0.3 is 5.32 Å². The molecule has 1 aromatic carbocycles. The van der Waals surface area contributed by atoms with Gasteiger partial charge >= 0.3 is 0 Å². The molecule has 0 bridgehead atoms. The number of alkyl halides is 1. The van der Waals surface area contributed by atoms with Gasteiger partial charge in [0.05, 0.1) is 6.04 Å². The van der Waals surface area contributed by atoms with E-state index in [-0.39, 0.29) is 37.5 Å². The van der Waals surface area contributed by atoms with E-state index in [0.717, 1.165) is 40.7 Å². The van der Waals surface area contributed by atoms with Crippen molar-refractivity contribution in [1.82, 2.24) is 10.2 Å². The van der Waals surface area contributed by atoms with Gasteiger partial charge in [0.25, 0.3) is 0 Å². The SMILES string of the molecule is Cl.Cl.FC[C@H](c1cc(Br)ccc1Br)N1CCNCC1. The molecule has 0 saturated carbocycles. The van der Waals surface area contributed by atoms with Crippen molar-refractivity contribution >= 4 is 56.7 Å². The number of benzene rings is 1. The molecule has 1 N–H and O–H groups in total. The lowest BCUT2D eigenvalue weighted by Gasteiger charge is -2.34. The molecule has 1 aliphatic rings. The van der Waals surface area contributed by atoms with Crippen LogP contribution in [0.4, 0.5) is 4.39 Å². The highest BCUT2D eigenvalue weighted by Crippen LogP contribution is 2.31. The minimum atomic E-state index is -0.352. The van der Waals surface area contributed by atoms with E-state index in [9.17, 15) is 4.39 Å². The average molecular weight is 439 g/mol. The van der Waals surface area contributed by atoms with Crippen LogP contribution in [0, 0.1) is 0 Å². The molecule has 1 heterocycles. The van der Waals surface area contributed by atoms with E-state index in [1.807, 2.05) is 18.2 Å². The third-order valence-electron chi connectivity index (χ3n) is 3.06. The molecule has 7 heteroatoms. The molecule has 0 spiro atoms. The van der Waals surface area contributed by atoms with Crippen molar-refractivity contribution < 1.29 is 4.39 Å². The highest BCUT2D eigenvalue weighted by Gasteiger charge is 2.23. The minimum absolute atomic E-state index is 0. The summed E-state index contributed by atoms with van der Waals surface area (Å²) in [5.74, 6) is 0. The van der Waals surface area contributed by atoms with E-state index >= 15 is 0 Å². The Bertz CT molecular complexity index is 390. The van der Waals surface area contributed by atoms with Gasteiger partial charge in [-0.2, -0.15) is 0 Å². The smallest absolute Gasteiger partial charge is 0.109 e. The summed E-state index contributed by atoms with van der Waals surface area (Å²) in [7, 11) is 0. The Labute approximate surface area is 142 Å². The van der Waals surface area contributed by atoms with Gasteiger partial charge in [-0.25, -0.2) is 4.39 Å². The number of piperazine rings is 1. The zero-order valence-corrected chi connectivity index (χ0v) is 15.0. The predicted molar refractivity (Wildman–Crippen MR) is 89.5 cm³/mol. The van der Waals surface area contributed by atoms with Crippen LogP contribution in [0.15, 0.2) is 27.1 Å². The van der Waals surface area contributed by atoms with Gasteiger partial charge in [-0.05, 0) is 23.8 Å². The first-order valence-electron chi connectivity index (χ1n) is 5.68. The molecule has 1 atom stereocenters. The normalized spacial score (nSPS) is 17.2. The third-order valence-corrected chi connectivity index (χ3v) is 4.27. The quantitative estimate of drug-likeness (QED) is 0.768. The molecular weight excluding hydrogens is 422 g/mol. The Kier molecular flexibility index (Phi) is 9.83. The first-order valence-corrected chi connectivity index (χ1v) is 7.26. The summed E-state index contributed by atoms with van der Waals surface area (Å²) < 4.78 is 15.3. The highest BCUT2D eigenvalue weighted by atomic mass is 79.9. The van der Waals surface area contributed by atoms with Crippen molar-refractivity contribution in [3.05, 3.63) is 32.7 Å². The molecule has 110 valence electrons. The Hall–Kier alpha value is 0.610. The molecule has 1 aromatic rings. The standard InChI is InChI=1S/C12H15Br2FN2.2ClH/c13-9-1-2-11(14)10(7-9)12(8-15)17-5-3-16-4-6-17;;/h1-2,7,12,16H,3-6,8H2;2*1H/t12-;;/m1../s1. The van der Waals surface area contributed by atoms with Crippen LogP contribution in [0.5, 0.6) is 0 Å². The summed E-state index contributed by atoms with van der Waals surface area (Å²) in [6, 6.07) is 5.77. The summed E-state index contributed by atoms with van der Waals surface area (Å²) in [5.41, 5.74) is 1.02. The molecule has 0 aromatic heterocycles. The molecule has 1 aliphatic heterocycles. The summed E-state index contributed by atoms with van der Waals surface area (Å²) in [6.45, 7) is 3.31. The Morgan fingerprint density at radius 1 is 1.21 bits per heavy atom. The van der Waals surface area contributed by atoms with Gasteiger partial charge in [-0.1, -0.05) is 31.9 Å². The second kappa shape index (κ2) is 9.53. The second-order valence-electron chi connectivity index (χ2n) is 4.12. The van der Waals surface area contributed by atoms with Crippen molar-refractivity contribution in [3.8, 4) is 0 Å². The second-order valence-corrected chi connectivity index (χ2v) is 5.89. The fourth-order valence-electron chi connectivity index (χ4n) is 2.14. The predicted octanol–water partition coefficient (Wildman–Crippen LogP) is 3.97. The van der Waals surface area contributed by atoms with Gasteiger partial charge in [0.2, 0.25) is 0 Å². The van der Waals surface area contributed by atoms with Gasteiger partial charge in [0.1, 0.15) is 6.67 Å². The fourth-order valence-corrected chi connectivity index (χ4v) is 3.03. The molecule has 1 saturated heterocycles. The summed E-state index contributed by atoms with van der Waals surface area (Å²) in [6.07, 6.45) is 0. The van der Waals surface area contributed by atoms with Crippen LogP contribution in [0.3, 0.4) is 0 Å². The zero-order chi connectivity index (χ0) is 12.3. The largest absolute Gasteiger partial charge is 0.314 e. The van der Waals surface area contributed by atoms with Crippen LogP contribution >= 0.6 is 56.7 Å². The van der Waals surface area contributed by atoms with Crippen LogP contribution in [0.25, 0.3) is 0 Å². The molecule has 19 heavy (non-hydrogen) atoms. The maximum Gasteiger partial charge on any atom is 0.109 e. The topological polar surface area (TPSA) is 15.3 Å². The average Bonchev–Trinajstić information content (AvgIpc) is 2.36.